The SMILES string of the molecule is O=C(O)C(=COc1ccccc1)CC(O)CO. The number of aliphatic hydroxyl groups is 2. The number of carbonyl (C=O) groups is 1. The summed E-state index contributed by atoms with van der Waals surface area (Å²) in [6.07, 6.45) is -0.202. The Kier molecular flexibility index (Phi) is 5.19. The van der Waals surface area contributed by atoms with E-state index >= 15 is 0 Å². The lowest BCUT2D eigenvalue weighted by atomic mass is 10.1. The maximum atomic E-state index is 10.8. The molecule has 0 heterocycles. The van der Waals surface area contributed by atoms with E-state index in [1.807, 2.05) is 6.07 Å². The van der Waals surface area contributed by atoms with Crippen molar-refractivity contribution in [3.05, 3.63) is 42.2 Å². The lowest BCUT2D eigenvalue weighted by Crippen LogP contribution is -2.16. The summed E-state index contributed by atoms with van der Waals surface area (Å²) < 4.78 is 5.14. The number of hydrogen-bond acceptors (Lipinski definition) is 4. The number of benzene rings is 1. The van der Waals surface area contributed by atoms with Crippen LogP contribution in [0.1, 0.15) is 6.42 Å². The summed E-state index contributed by atoms with van der Waals surface area (Å²) in [6, 6.07) is 8.68. The molecule has 1 unspecified atom stereocenters. The molecule has 0 aliphatic heterocycles. The summed E-state index contributed by atoms with van der Waals surface area (Å²) in [5.41, 5.74) is -0.101. The molecule has 92 valence electrons. The first-order valence-electron chi connectivity index (χ1n) is 5.06. The number of rotatable bonds is 6. The molecule has 5 nitrogen and oxygen atoms in total. The molecule has 3 N–H and O–H groups in total. The molecule has 1 atom stereocenters. The smallest absolute Gasteiger partial charge is 0.334 e. The standard InChI is InChI=1S/C12H14O5/c13-7-10(14)6-9(12(15)16)8-17-11-4-2-1-3-5-11/h1-5,8,10,13-14H,6-7H2,(H,15,16). The number of aliphatic hydroxyl groups excluding tert-OH is 2. The molecule has 0 fully saturated rings. The molecule has 1 aromatic rings. The first-order valence-corrected chi connectivity index (χ1v) is 5.06. The zero-order valence-electron chi connectivity index (χ0n) is 9.11. The van der Waals surface area contributed by atoms with Gasteiger partial charge in [0.2, 0.25) is 0 Å². The van der Waals surface area contributed by atoms with Crippen molar-refractivity contribution in [1.82, 2.24) is 0 Å². The van der Waals surface area contributed by atoms with Gasteiger partial charge in [-0.25, -0.2) is 4.79 Å². The lowest BCUT2D eigenvalue weighted by Gasteiger charge is -2.07. The van der Waals surface area contributed by atoms with E-state index in [9.17, 15) is 4.79 Å². The van der Waals surface area contributed by atoms with Gasteiger partial charge >= 0.3 is 5.97 Å². The molecule has 17 heavy (non-hydrogen) atoms. The normalized spacial score (nSPS) is 13.2. The molecular formula is C12H14O5. The molecule has 5 heteroatoms. The highest BCUT2D eigenvalue weighted by molar-refractivity contribution is 5.86. The number of hydrogen-bond donors (Lipinski definition) is 3. The van der Waals surface area contributed by atoms with E-state index < -0.39 is 18.7 Å². The summed E-state index contributed by atoms with van der Waals surface area (Å²) in [6.45, 7) is -0.490. The first kappa shape index (κ1) is 13.2. The Bertz CT molecular complexity index is 385. The van der Waals surface area contributed by atoms with Crippen LogP contribution in [0.4, 0.5) is 0 Å². The average Bonchev–Trinajstić information content (AvgIpc) is 2.35. The molecule has 0 amide bonds. The molecule has 0 bridgehead atoms. The van der Waals surface area contributed by atoms with Gasteiger partial charge in [0.05, 0.1) is 18.3 Å². The summed E-state index contributed by atoms with van der Waals surface area (Å²) in [5, 5.41) is 26.7. The third kappa shape index (κ3) is 4.67. The van der Waals surface area contributed by atoms with Crippen LogP contribution in [-0.4, -0.2) is 34.0 Å². The average molecular weight is 238 g/mol. The minimum absolute atomic E-state index is 0.101. The quantitative estimate of drug-likeness (QED) is 0.503. The van der Waals surface area contributed by atoms with Crippen LogP contribution in [0.3, 0.4) is 0 Å². The van der Waals surface area contributed by atoms with Crippen LogP contribution in [0.15, 0.2) is 42.2 Å². The predicted molar refractivity (Wildman–Crippen MR) is 60.5 cm³/mol. The van der Waals surface area contributed by atoms with Crippen molar-refractivity contribution in [1.29, 1.82) is 0 Å². The van der Waals surface area contributed by atoms with Crippen molar-refractivity contribution >= 4 is 5.97 Å². The lowest BCUT2D eigenvalue weighted by molar-refractivity contribution is -0.133. The predicted octanol–water partition coefficient (Wildman–Crippen LogP) is 0.777. The molecule has 0 saturated heterocycles. The second-order valence-corrected chi connectivity index (χ2v) is 3.42. The summed E-state index contributed by atoms with van der Waals surface area (Å²) in [5.74, 6) is -0.682. The van der Waals surface area contributed by atoms with Crippen molar-refractivity contribution in [2.75, 3.05) is 6.61 Å². The monoisotopic (exact) mass is 238 g/mol. The van der Waals surface area contributed by atoms with Gasteiger partial charge < -0.3 is 20.1 Å². The van der Waals surface area contributed by atoms with Gasteiger partial charge in [-0.15, -0.1) is 0 Å². The molecule has 1 aromatic carbocycles. The Morgan fingerprint density at radius 1 is 1.35 bits per heavy atom. The maximum Gasteiger partial charge on any atom is 0.334 e. The van der Waals surface area contributed by atoms with Gasteiger partial charge in [-0.05, 0) is 12.1 Å². The van der Waals surface area contributed by atoms with E-state index in [2.05, 4.69) is 0 Å². The van der Waals surface area contributed by atoms with Gasteiger partial charge in [0.25, 0.3) is 0 Å². The third-order valence-corrected chi connectivity index (χ3v) is 2.02. The Morgan fingerprint density at radius 3 is 2.53 bits per heavy atom. The minimum Gasteiger partial charge on any atom is -0.478 e. The number of carboxylic acid groups (broad SMARTS) is 1. The first-order chi connectivity index (χ1) is 8.13. The molecule has 0 saturated carbocycles. The number of carboxylic acids is 1. The fourth-order valence-electron chi connectivity index (χ4n) is 1.14. The van der Waals surface area contributed by atoms with Crippen LogP contribution in [-0.2, 0) is 4.79 Å². The minimum atomic E-state index is -1.19. The van der Waals surface area contributed by atoms with Crippen molar-refractivity contribution < 1.29 is 24.9 Å². The van der Waals surface area contributed by atoms with Crippen molar-refractivity contribution in [3.63, 3.8) is 0 Å². The highest BCUT2D eigenvalue weighted by Gasteiger charge is 2.13. The summed E-state index contributed by atoms with van der Waals surface area (Å²) in [7, 11) is 0. The Balaban J connectivity index is 2.68. The van der Waals surface area contributed by atoms with Crippen LogP contribution in [0, 0.1) is 0 Å². The van der Waals surface area contributed by atoms with Gasteiger partial charge in [-0.2, -0.15) is 0 Å². The summed E-state index contributed by atoms with van der Waals surface area (Å²) in [4.78, 5) is 10.8. The summed E-state index contributed by atoms with van der Waals surface area (Å²) >= 11 is 0. The van der Waals surface area contributed by atoms with E-state index in [1.165, 1.54) is 0 Å². The van der Waals surface area contributed by atoms with E-state index in [4.69, 9.17) is 20.1 Å². The zero-order chi connectivity index (χ0) is 12.7. The Labute approximate surface area is 98.6 Å². The number of para-hydroxylation sites is 1. The van der Waals surface area contributed by atoms with Gasteiger partial charge in [0.1, 0.15) is 12.0 Å². The fourth-order valence-corrected chi connectivity index (χ4v) is 1.14. The second kappa shape index (κ2) is 6.67. The highest BCUT2D eigenvalue weighted by Crippen LogP contribution is 2.12. The molecular weight excluding hydrogens is 224 g/mol. The Morgan fingerprint density at radius 2 is 2.00 bits per heavy atom. The topological polar surface area (TPSA) is 87.0 Å². The van der Waals surface area contributed by atoms with E-state index in [1.54, 1.807) is 24.3 Å². The van der Waals surface area contributed by atoms with Gasteiger partial charge in [0.15, 0.2) is 0 Å². The van der Waals surface area contributed by atoms with Crippen molar-refractivity contribution in [2.24, 2.45) is 0 Å². The van der Waals surface area contributed by atoms with Gasteiger partial charge in [-0.3, -0.25) is 0 Å². The maximum absolute atomic E-state index is 10.8. The largest absolute Gasteiger partial charge is 0.478 e. The molecule has 1 rings (SSSR count). The van der Waals surface area contributed by atoms with E-state index in [-0.39, 0.29) is 12.0 Å². The molecule has 0 aliphatic rings. The molecule has 0 aromatic heterocycles. The van der Waals surface area contributed by atoms with Crippen LogP contribution in [0.25, 0.3) is 0 Å². The Hall–Kier alpha value is -1.85. The molecule has 0 radical (unpaired) electrons. The van der Waals surface area contributed by atoms with Gasteiger partial charge in [0, 0.05) is 6.42 Å². The second-order valence-electron chi connectivity index (χ2n) is 3.42. The van der Waals surface area contributed by atoms with Crippen LogP contribution in [0.2, 0.25) is 0 Å². The van der Waals surface area contributed by atoms with Crippen LogP contribution in [0.5, 0.6) is 5.75 Å². The van der Waals surface area contributed by atoms with Gasteiger partial charge in [-0.1, -0.05) is 18.2 Å². The van der Waals surface area contributed by atoms with E-state index in [0.717, 1.165) is 6.26 Å². The number of ether oxygens (including phenoxy) is 1. The zero-order valence-corrected chi connectivity index (χ0v) is 9.11. The van der Waals surface area contributed by atoms with Crippen LogP contribution >= 0.6 is 0 Å². The van der Waals surface area contributed by atoms with Crippen LogP contribution < -0.4 is 4.74 Å². The van der Waals surface area contributed by atoms with E-state index in [0.29, 0.717) is 5.75 Å². The third-order valence-electron chi connectivity index (χ3n) is 2.02. The highest BCUT2D eigenvalue weighted by atomic mass is 16.5. The molecule has 0 spiro atoms. The van der Waals surface area contributed by atoms with Crippen molar-refractivity contribution in [3.8, 4) is 5.75 Å². The number of aliphatic carboxylic acids is 1. The van der Waals surface area contributed by atoms with Crippen molar-refractivity contribution in [2.45, 2.75) is 12.5 Å². The fraction of sp³-hybridized carbons (Fsp3) is 0.250. The molecule has 0 aliphatic carbocycles.